The third-order valence-corrected chi connectivity index (χ3v) is 4.07. The van der Waals surface area contributed by atoms with E-state index in [0.29, 0.717) is 0 Å². The molecule has 166 valence electrons. The third kappa shape index (κ3) is 6.39. The van der Waals surface area contributed by atoms with E-state index in [1.54, 1.807) is 41.5 Å². The van der Waals surface area contributed by atoms with E-state index in [1.807, 2.05) is 0 Å². The SMILES string of the molecule is CC(C)(C)OC(=O)Nc1nc(/C(=N/OC2(C(=O)OC(C)(C)C)COC2)C(=O)O)cs1. The van der Waals surface area contributed by atoms with Crippen LogP contribution >= 0.6 is 11.3 Å². The molecule has 0 unspecified atom stereocenters. The normalized spacial score (nSPS) is 16.3. The Labute approximate surface area is 177 Å². The summed E-state index contributed by atoms with van der Waals surface area (Å²) in [4.78, 5) is 45.2. The monoisotopic (exact) mass is 443 g/mol. The van der Waals surface area contributed by atoms with Gasteiger partial charge in [-0.05, 0) is 41.5 Å². The van der Waals surface area contributed by atoms with Crippen molar-refractivity contribution in [3.05, 3.63) is 11.1 Å². The lowest BCUT2D eigenvalue weighted by atomic mass is 10.0. The number of amides is 1. The van der Waals surface area contributed by atoms with Crippen LogP contribution in [0.2, 0.25) is 0 Å². The van der Waals surface area contributed by atoms with Gasteiger partial charge in [0.05, 0.1) is 0 Å². The maximum Gasteiger partial charge on any atom is 0.413 e. The van der Waals surface area contributed by atoms with Gasteiger partial charge in [-0.25, -0.2) is 19.4 Å². The molecule has 1 aliphatic rings. The van der Waals surface area contributed by atoms with E-state index >= 15 is 0 Å². The summed E-state index contributed by atoms with van der Waals surface area (Å²) in [5.74, 6) is -2.14. The minimum absolute atomic E-state index is 0.0573. The topological polar surface area (TPSA) is 146 Å². The van der Waals surface area contributed by atoms with Crippen LogP contribution in [0.25, 0.3) is 0 Å². The number of rotatable bonds is 6. The van der Waals surface area contributed by atoms with E-state index in [-0.39, 0.29) is 24.0 Å². The number of nitrogens with zero attached hydrogens (tertiary/aromatic N) is 2. The zero-order chi connectivity index (χ0) is 22.7. The number of hydrogen-bond donors (Lipinski definition) is 2. The number of carbonyl (C=O) groups excluding carboxylic acids is 2. The predicted octanol–water partition coefficient (Wildman–Crippen LogP) is 2.41. The average molecular weight is 443 g/mol. The molecule has 1 aromatic rings. The lowest BCUT2D eigenvalue weighted by Crippen LogP contribution is -2.59. The van der Waals surface area contributed by atoms with Gasteiger partial charge in [-0.3, -0.25) is 5.32 Å². The molecule has 0 bridgehead atoms. The first-order valence-electron chi connectivity index (χ1n) is 8.97. The van der Waals surface area contributed by atoms with Gasteiger partial charge in [0.1, 0.15) is 30.1 Å². The van der Waals surface area contributed by atoms with Crippen molar-refractivity contribution in [1.29, 1.82) is 0 Å². The maximum atomic E-state index is 12.4. The van der Waals surface area contributed by atoms with Crippen molar-refractivity contribution in [3.63, 3.8) is 0 Å². The molecular formula is C18H25N3O8S. The van der Waals surface area contributed by atoms with Gasteiger partial charge in [-0.2, -0.15) is 0 Å². The number of aliphatic carboxylic acids is 1. The zero-order valence-corrected chi connectivity index (χ0v) is 18.4. The van der Waals surface area contributed by atoms with Crippen molar-refractivity contribution in [1.82, 2.24) is 4.98 Å². The van der Waals surface area contributed by atoms with Gasteiger partial charge in [0.25, 0.3) is 5.60 Å². The van der Waals surface area contributed by atoms with Gasteiger partial charge in [-0.1, -0.05) is 5.16 Å². The molecule has 0 aliphatic carbocycles. The van der Waals surface area contributed by atoms with Crippen molar-refractivity contribution in [2.45, 2.75) is 58.3 Å². The largest absolute Gasteiger partial charge is 0.476 e. The predicted molar refractivity (Wildman–Crippen MR) is 107 cm³/mol. The number of thiazole rings is 1. The van der Waals surface area contributed by atoms with Gasteiger partial charge in [-0.15, -0.1) is 11.3 Å². The number of esters is 1. The number of oxime groups is 1. The van der Waals surface area contributed by atoms with Crippen LogP contribution in [0.15, 0.2) is 10.5 Å². The van der Waals surface area contributed by atoms with Gasteiger partial charge in [0.2, 0.25) is 5.71 Å². The highest BCUT2D eigenvalue weighted by Crippen LogP contribution is 2.27. The van der Waals surface area contributed by atoms with E-state index in [2.05, 4.69) is 15.5 Å². The molecule has 1 aliphatic heterocycles. The molecule has 1 fully saturated rings. The van der Waals surface area contributed by atoms with Crippen LogP contribution in [0.1, 0.15) is 47.2 Å². The lowest BCUT2D eigenvalue weighted by Gasteiger charge is -2.37. The minimum atomic E-state index is -1.53. The van der Waals surface area contributed by atoms with E-state index in [9.17, 15) is 19.5 Å². The Kier molecular flexibility index (Phi) is 6.72. The van der Waals surface area contributed by atoms with Gasteiger partial charge >= 0.3 is 18.0 Å². The van der Waals surface area contributed by atoms with E-state index < -0.39 is 40.5 Å². The second kappa shape index (κ2) is 8.56. The van der Waals surface area contributed by atoms with Gasteiger partial charge < -0.3 is 24.2 Å². The molecule has 0 radical (unpaired) electrons. The Bertz CT molecular complexity index is 846. The van der Waals surface area contributed by atoms with Crippen molar-refractivity contribution >= 4 is 40.2 Å². The maximum absolute atomic E-state index is 12.4. The number of anilines is 1. The molecule has 0 spiro atoms. The van der Waals surface area contributed by atoms with Crippen LogP contribution < -0.4 is 5.32 Å². The number of hydrogen-bond acceptors (Lipinski definition) is 10. The fourth-order valence-corrected chi connectivity index (χ4v) is 2.71. The quantitative estimate of drug-likeness (QED) is 0.384. The molecular weight excluding hydrogens is 418 g/mol. The molecule has 0 atom stereocenters. The third-order valence-electron chi connectivity index (χ3n) is 3.31. The van der Waals surface area contributed by atoms with Crippen molar-refractivity contribution in [2.24, 2.45) is 5.16 Å². The number of carbonyl (C=O) groups is 3. The smallest absolute Gasteiger partial charge is 0.413 e. The first-order chi connectivity index (χ1) is 13.7. The minimum Gasteiger partial charge on any atom is -0.476 e. The molecule has 2 N–H and O–H groups in total. The number of carboxylic acid groups (broad SMARTS) is 1. The fourth-order valence-electron chi connectivity index (χ4n) is 2.03. The fraction of sp³-hybridized carbons (Fsp3) is 0.611. The molecule has 0 aromatic carbocycles. The first kappa shape index (κ1) is 23.5. The Morgan fingerprint density at radius 2 is 1.77 bits per heavy atom. The highest BCUT2D eigenvalue weighted by Gasteiger charge is 2.52. The summed E-state index contributed by atoms with van der Waals surface area (Å²) in [6.07, 6.45) is -0.732. The van der Waals surface area contributed by atoms with Crippen LogP contribution in [0.5, 0.6) is 0 Å². The Morgan fingerprint density at radius 1 is 1.17 bits per heavy atom. The van der Waals surface area contributed by atoms with Gasteiger partial charge in [0, 0.05) is 5.38 Å². The molecule has 1 amide bonds. The Hall–Kier alpha value is -2.73. The van der Waals surface area contributed by atoms with Crippen molar-refractivity contribution in [3.8, 4) is 0 Å². The van der Waals surface area contributed by atoms with Crippen LogP contribution in [-0.2, 0) is 28.6 Å². The van der Waals surface area contributed by atoms with Crippen molar-refractivity contribution < 1.29 is 38.5 Å². The molecule has 0 saturated carbocycles. The summed E-state index contributed by atoms with van der Waals surface area (Å²) in [5.41, 5.74) is -3.59. The number of aromatic nitrogens is 1. The summed E-state index contributed by atoms with van der Waals surface area (Å²) in [6, 6.07) is 0. The number of ether oxygens (including phenoxy) is 3. The van der Waals surface area contributed by atoms with Gasteiger partial charge in [0.15, 0.2) is 5.13 Å². The molecule has 11 nitrogen and oxygen atoms in total. The molecule has 2 heterocycles. The highest BCUT2D eigenvalue weighted by molar-refractivity contribution is 7.14. The summed E-state index contributed by atoms with van der Waals surface area (Å²) in [6.45, 7) is 9.95. The summed E-state index contributed by atoms with van der Waals surface area (Å²) in [5, 5.41) is 17.0. The first-order valence-corrected chi connectivity index (χ1v) is 9.85. The van der Waals surface area contributed by atoms with Crippen LogP contribution in [0.3, 0.4) is 0 Å². The summed E-state index contributed by atoms with van der Waals surface area (Å²) >= 11 is 0.978. The standard InChI is InChI=1S/C18H25N3O8S/c1-16(2,3)27-13(24)18(8-26-9-18)29-21-11(12(22)23)10-7-30-14(19-10)20-15(25)28-17(4,5)6/h7H,8-9H2,1-6H3,(H,22,23)(H,19,20,25)/b21-11-. The average Bonchev–Trinajstić information content (AvgIpc) is 2.93. The summed E-state index contributed by atoms with van der Waals surface area (Å²) in [7, 11) is 0. The summed E-state index contributed by atoms with van der Waals surface area (Å²) < 4.78 is 15.5. The highest BCUT2D eigenvalue weighted by atomic mass is 32.1. The lowest BCUT2D eigenvalue weighted by molar-refractivity contribution is -0.236. The Morgan fingerprint density at radius 3 is 2.23 bits per heavy atom. The molecule has 12 heteroatoms. The van der Waals surface area contributed by atoms with E-state index in [0.717, 1.165) is 11.3 Å². The second-order valence-electron chi connectivity index (χ2n) is 8.49. The van der Waals surface area contributed by atoms with Crippen LogP contribution in [0.4, 0.5) is 9.93 Å². The second-order valence-corrected chi connectivity index (χ2v) is 9.35. The molecule has 2 rings (SSSR count). The van der Waals surface area contributed by atoms with Crippen LogP contribution in [-0.4, -0.2) is 63.9 Å². The molecule has 1 aromatic heterocycles. The zero-order valence-electron chi connectivity index (χ0n) is 17.6. The number of nitrogens with one attached hydrogen (secondary N) is 1. The number of carboxylic acids is 1. The molecule has 1 saturated heterocycles. The van der Waals surface area contributed by atoms with E-state index in [1.165, 1.54) is 5.38 Å². The molecule has 30 heavy (non-hydrogen) atoms. The van der Waals surface area contributed by atoms with Crippen molar-refractivity contribution in [2.75, 3.05) is 18.5 Å². The van der Waals surface area contributed by atoms with E-state index in [4.69, 9.17) is 19.0 Å². The van der Waals surface area contributed by atoms with Crippen LogP contribution in [0, 0.1) is 0 Å². The Balaban J connectivity index is 2.15.